The maximum absolute atomic E-state index is 11.9. The zero-order valence-corrected chi connectivity index (χ0v) is 11.3. The molecule has 1 aliphatic carbocycles. The summed E-state index contributed by atoms with van der Waals surface area (Å²) in [6.45, 7) is 1.75. The van der Waals surface area contributed by atoms with Gasteiger partial charge in [0.2, 0.25) is 0 Å². The van der Waals surface area contributed by atoms with Gasteiger partial charge in [-0.2, -0.15) is 0 Å². The number of nitrogens with zero attached hydrogens (tertiary/aromatic N) is 1. The lowest BCUT2D eigenvalue weighted by Crippen LogP contribution is -2.44. The first-order valence-electron chi connectivity index (χ1n) is 6.15. The van der Waals surface area contributed by atoms with E-state index in [-0.39, 0.29) is 11.6 Å². The third-order valence-corrected chi connectivity index (χ3v) is 4.66. The summed E-state index contributed by atoms with van der Waals surface area (Å²) in [7, 11) is -3.61. The lowest BCUT2D eigenvalue weighted by Gasteiger charge is -2.31. The first kappa shape index (κ1) is 13.5. The second kappa shape index (κ2) is 4.99. The fraction of sp³-hybridized carbons (Fsp3) is 0.727. The molecule has 0 bridgehead atoms. The van der Waals surface area contributed by atoms with Crippen molar-refractivity contribution in [2.75, 3.05) is 6.54 Å². The van der Waals surface area contributed by atoms with Gasteiger partial charge in [0.05, 0.1) is 11.8 Å². The zero-order valence-electron chi connectivity index (χ0n) is 10.4. The number of H-pyrrole nitrogens is 1. The van der Waals surface area contributed by atoms with Crippen molar-refractivity contribution in [1.82, 2.24) is 14.7 Å². The van der Waals surface area contributed by atoms with Crippen LogP contribution < -0.4 is 4.72 Å². The molecule has 6 nitrogen and oxygen atoms in total. The van der Waals surface area contributed by atoms with Gasteiger partial charge in [0.1, 0.15) is 5.82 Å². The smallest absolute Gasteiger partial charge is 0.257 e. The third-order valence-electron chi connectivity index (χ3n) is 3.34. The lowest BCUT2D eigenvalue weighted by atomic mass is 9.85. The Kier molecular flexibility index (Phi) is 3.74. The molecule has 1 aliphatic rings. The SMILES string of the molecule is Cc1ncc(S(=O)(=O)NCC2(O)CCCCC2)[nH]1. The monoisotopic (exact) mass is 273 g/mol. The van der Waals surface area contributed by atoms with Crippen LogP contribution in [0.25, 0.3) is 0 Å². The summed E-state index contributed by atoms with van der Waals surface area (Å²) in [6.07, 6.45) is 5.58. The highest BCUT2D eigenvalue weighted by Crippen LogP contribution is 2.27. The van der Waals surface area contributed by atoms with E-state index in [9.17, 15) is 13.5 Å². The normalized spacial score (nSPS) is 19.9. The maximum Gasteiger partial charge on any atom is 0.257 e. The van der Waals surface area contributed by atoms with E-state index in [1.807, 2.05) is 0 Å². The van der Waals surface area contributed by atoms with Crippen LogP contribution in [-0.2, 0) is 10.0 Å². The summed E-state index contributed by atoms with van der Waals surface area (Å²) < 4.78 is 26.3. The standard InChI is InChI=1S/C11H19N3O3S/c1-9-12-7-10(14-9)18(16,17)13-8-11(15)5-3-2-4-6-11/h7,13,15H,2-6,8H2,1H3,(H,12,14). The van der Waals surface area contributed by atoms with Crippen molar-refractivity contribution in [3.8, 4) is 0 Å². The number of aromatic amines is 1. The molecule has 0 spiro atoms. The minimum atomic E-state index is -3.61. The summed E-state index contributed by atoms with van der Waals surface area (Å²) in [5, 5.41) is 10.3. The van der Waals surface area contributed by atoms with Gasteiger partial charge in [0, 0.05) is 6.54 Å². The highest BCUT2D eigenvalue weighted by Gasteiger charge is 2.31. The van der Waals surface area contributed by atoms with Gasteiger partial charge in [-0.1, -0.05) is 19.3 Å². The van der Waals surface area contributed by atoms with Gasteiger partial charge in [0.25, 0.3) is 10.0 Å². The van der Waals surface area contributed by atoms with E-state index in [0.29, 0.717) is 18.7 Å². The molecule has 1 saturated carbocycles. The lowest BCUT2D eigenvalue weighted by molar-refractivity contribution is 0.00944. The molecular weight excluding hydrogens is 254 g/mol. The molecule has 0 unspecified atom stereocenters. The molecule has 0 atom stereocenters. The van der Waals surface area contributed by atoms with E-state index >= 15 is 0 Å². The van der Waals surface area contributed by atoms with E-state index in [1.54, 1.807) is 6.92 Å². The van der Waals surface area contributed by atoms with Gasteiger partial charge < -0.3 is 10.1 Å². The molecule has 0 radical (unpaired) electrons. The molecule has 0 saturated heterocycles. The molecule has 1 aromatic heterocycles. The van der Waals surface area contributed by atoms with Crippen molar-refractivity contribution in [3.63, 3.8) is 0 Å². The Hall–Kier alpha value is -0.920. The Balaban J connectivity index is 2.01. The highest BCUT2D eigenvalue weighted by molar-refractivity contribution is 7.89. The van der Waals surface area contributed by atoms with Crippen LogP contribution in [0.3, 0.4) is 0 Å². The number of nitrogens with one attached hydrogen (secondary N) is 2. The fourth-order valence-electron chi connectivity index (χ4n) is 2.23. The number of sulfonamides is 1. The molecule has 2 rings (SSSR count). The molecule has 7 heteroatoms. The summed E-state index contributed by atoms with van der Waals surface area (Å²) in [5.74, 6) is 0.548. The number of rotatable bonds is 4. The zero-order chi connectivity index (χ0) is 13.2. The quantitative estimate of drug-likeness (QED) is 0.752. The van der Waals surface area contributed by atoms with Crippen LogP contribution in [0.4, 0.5) is 0 Å². The molecule has 0 amide bonds. The van der Waals surface area contributed by atoms with E-state index in [4.69, 9.17) is 0 Å². The van der Waals surface area contributed by atoms with Gasteiger partial charge in [-0.05, 0) is 19.8 Å². The van der Waals surface area contributed by atoms with Gasteiger partial charge in [-0.15, -0.1) is 0 Å². The number of hydrogen-bond acceptors (Lipinski definition) is 4. The maximum atomic E-state index is 11.9. The Morgan fingerprint density at radius 3 is 2.67 bits per heavy atom. The van der Waals surface area contributed by atoms with Crippen LogP contribution in [0.15, 0.2) is 11.2 Å². The van der Waals surface area contributed by atoms with Crippen molar-refractivity contribution in [2.45, 2.75) is 49.7 Å². The molecule has 1 heterocycles. The molecule has 1 aromatic rings. The first-order chi connectivity index (χ1) is 8.41. The summed E-state index contributed by atoms with van der Waals surface area (Å²) >= 11 is 0. The predicted molar refractivity (Wildman–Crippen MR) is 66.5 cm³/mol. The molecule has 3 N–H and O–H groups in total. The minimum Gasteiger partial charge on any atom is -0.389 e. The Morgan fingerprint density at radius 2 is 2.11 bits per heavy atom. The van der Waals surface area contributed by atoms with Crippen molar-refractivity contribution in [1.29, 1.82) is 0 Å². The van der Waals surface area contributed by atoms with Crippen molar-refractivity contribution in [2.24, 2.45) is 0 Å². The summed E-state index contributed by atoms with van der Waals surface area (Å²) in [4.78, 5) is 6.53. The van der Waals surface area contributed by atoms with E-state index in [2.05, 4.69) is 14.7 Å². The molecule has 0 aromatic carbocycles. The highest BCUT2D eigenvalue weighted by atomic mass is 32.2. The third kappa shape index (κ3) is 3.09. The van der Waals surface area contributed by atoms with E-state index in [1.165, 1.54) is 6.20 Å². The van der Waals surface area contributed by atoms with Crippen LogP contribution in [0, 0.1) is 6.92 Å². The van der Waals surface area contributed by atoms with Crippen LogP contribution >= 0.6 is 0 Å². The molecule has 0 aliphatic heterocycles. The summed E-state index contributed by atoms with van der Waals surface area (Å²) in [5.41, 5.74) is -0.902. The Bertz CT molecular complexity index is 503. The molecule has 18 heavy (non-hydrogen) atoms. The first-order valence-corrected chi connectivity index (χ1v) is 7.63. The Morgan fingerprint density at radius 1 is 1.44 bits per heavy atom. The van der Waals surface area contributed by atoms with Crippen LogP contribution in [0.2, 0.25) is 0 Å². The average Bonchev–Trinajstić information content (AvgIpc) is 2.76. The van der Waals surface area contributed by atoms with Crippen LogP contribution in [-0.4, -0.2) is 35.6 Å². The fourth-order valence-corrected chi connectivity index (χ4v) is 3.32. The minimum absolute atomic E-state index is 0.0411. The number of aliphatic hydroxyl groups is 1. The molecular formula is C11H19N3O3S. The van der Waals surface area contributed by atoms with Gasteiger partial charge in [-0.25, -0.2) is 18.1 Å². The second-order valence-electron chi connectivity index (χ2n) is 4.94. The average molecular weight is 273 g/mol. The van der Waals surface area contributed by atoms with Gasteiger partial charge in [0.15, 0.2) is 5.03 Å². The van der Waals surface area contributed by atoms with Crippen molar-refractivity contribution < 1.29 is 13.5 Å². The Labute approximate surface area is 107 Å². The molecule has 1 fully saturated rings. The number of aromatic nitrogens is 2. The number of aryl methyl sites for hydroxylation is 1. The summed E-state index contributed by atoms with van der Waals surface area (Å²) in [6, 6.07) is 0. The van der Waals surface area contributed by atoms with Crippen molar-refractivity contribution in [3.05, 3.63) is 12.0 Å². The number of imidazole rings is 1. The van der Waals surface area contributed by atoms with E-state index < -0.39 is 15.6 Å². The van der Waals surface area contributed by atoms with Crippen LogP contribution in [0.5, 0.6) is 0 Å². The topological polar surface area (TPSA) is 95.1 Å². The van der Waals surface area contributed by atoms with Gasteiger partial charge >= 0.3 is 0 Å². The molecule has 102 valence electrons. The van der Waals surface area contributed by atoms with Crippen LogP contribution in [0.1, 0.15) is 37.9 Å². The van der Waals surface area contributed by atoms with Crippen molar-refractivity contribution >= 4 is 10.0 Å². The largest absolute Gasteiger partial charge is 0.389 e. The second-order valence-corrected chi connectivity index (χ2v) is 6.68. The van der Waals surface area contributed by atoms with Gasteiger partial charge in [-0.3, -0.25) is 0 Å². The predicted octanol–water partition coefficient (Wildman–Crippen LogP) is 0.692. The number of hydrogen-bond donors (Lipinski definition) is 3. The van der Waals surface area contributed by atoms with E-state index in [0.717, 1.165) is 19.3 Å².